The summed E-state index contributed by atoms with van der Waals surface area (Å²) >= 11 is 0. The molecule has 4 nitrogen and oxygen atoms in total. The van der Waals surface area contributed by atoms with Gasteiger partial charge in [0.2, 0.25) is 0 Å². The summed E-state index contributed by atoms with van der Waals surface area (Å²) in [5.41, 5.74) is 1.53. The summed E-state index contributed by atoms with van der Waals surface area (Å²) < 4.78 is 14.7. The van der Waals surface area contributed by atoms with E-state index >= 15 is 0 Å². The van der Waals surface area contributed by atoms with Crippen LogP contribution in [0.15, 0.2) is 24.3 Å². The van der Waals surface area contributed by atoms with E-state index in [0.29, 0.717) is 17.9 Å². The molecule has 1 aromatic heterocycles. The van der Waals surface area contributed by atoms with Gasteiger partial charge in [0.25, 0.3) is 0 Å². The number of hydrogen-bond donors (Lipinski definition) is 2. The molecule has 17 heavy (non-hydrogen) atoms. The summed E-state index contributed by atoms with van der Waals surface area (Å²) in [5.74, 6) is 0.414. The van der Waals surface area contributed by atoms with Crippen molar-refractivity contribution in [1.82, 2.24) is 9.78 Å². The highest BCUT2D eigenvalue weighted by Gasteiger charge is 2.05. The first kappa shape index (κ1) is 11.4. The predicted octanol–water partition coefficient (Wildman–Crippen LogP) is 2.19. The van der Waals surface area contributed by atoms with Gasteiger partial charge in [-0.3, -0.25) is 4.68 Å². The molecule has 0 fully saturated rings. The van der Waals surface area contributed by atoms with Gasteiger partial charge in [-0.05, 0) is 25.1 Å². The molecule has 0 aliphatic carbocycles. The van der Waals surface area contributed by atoms with Crippen molar-refractivity contribution in [3.05, 3.63) is 41.3 Å². The minimum absolute atomic E-state index is 0.0755. The second-order valence-corrected chi connectivity index (χ2v) is 3.92. The maximum atomic E-state index is 13.0. The van der Waals surface area contributed by atoms with Crippen molar-refractivity contribution in [2.24, 2.45) is 7.05 Å². The molecule has 5 heteroatoms. The van der Waals surface area contributed by atoms with Crippen LogP contribution in [-0.4, -0.2) is 14.9 Å². The molecule has 2 rings (SSSR count). The number of aryl methyl sites for hydroxylation is 2. The largest absolute Gasteiger partial charge is 0.508 e. The minimum atomic E-state index is -0.364. The Kier molecular flexibility index (Phi) is 2.99. The summed E-state index contributed by atoms with van der Waals surface area (Å²) in [5, 5.41) is 16.8. The van der Waals surface area contributed by atoms with Crippen LogP contribution >= 0.6 is 0 Å². The van der Waals surface area contributed by atoms with Crippen LogP contribution in [0.2, 0.25) is 0 Å². The Morgan fingerprint density at radius 1 is 1.41 bits per heavy atom. The van der Waals surface area contributed by atoms with E-state index in [1.165, 1.54) is 18.2 Å². The Hall–Kier alpha value is -2.04. The number of phenols is 1. The molecule has 0 aliphatic heterocycles. The minimum Gasteiger partial charge on any atom is -0.508 e. The molecule has 2 aromatic rings. The fourth-order valence-electron chi connectivity index (χ4n) is 1.53. The van der Waals surface area contributed by atoms with Crippen LogP contribution in [0.4, 0.5) is 10.2 Å². The van der Waals surface area contributed by atoms with Crippen molar-refractivity contribution in [2.75, 3.05) is 5.32 Å². The maximum Gasteiger partial charge on any atom is 0.148 e. The number of hydrogen-bond acceptors (Lipinski definition) is 3. The maximum absolute atomic E-state index is 13.0. The van der Waals surface area contributed by atoms with Crippen LogP contribution in [0.25, 0.3) is 0 Å². The van der Waals surface area contributed by atoms with Crippen molar-refractivity contribution in [2.45, 2.75) is 13.5 Å². The standard InChI is InChI=1S/C12H14FN3O/c1-8-5-12(15-16(8)2)14-7-9-6-10(13)3-4-11(9)17/h3-6,17H,7H2,1-2H3,(H,14,15). The van der Waals surface area contributed by atoms with Gasteiger partial charge in [-0.25, -0.2) is 4.39 Å². The molecule has 1 heterocycles. The number of benzene rings is 1. The van der Waals surface area contributed by atoms with Gasteiger partial charge >= 0.3 is 0 Å². The van der Waals surface area contributed by atoms with E-state index < -0.39 is 0 Å². The number of aromatic hydroxyl groups is 1. The lowest BCUT2D eigenvalue weighted by molar-refractivity contribution is 0.466. The predicted molar refractivity (Wildman–Crippen MR) is 63.3 cm³/mol. The zero-order valence-corrected chi connectivity index (χ0v) is 9.74. The second kappa shape index (κ2) is 4.45. The zero-order valence-electron chi connectivity index (χ0n) is 9.74. The molecule has 0 atom stereocenters. The Labute approximate surface area is 98.7 Å². The molecule has 0 spiro atoms. The lowest BCUT2D eigenvalue weighted by Crippen LogP contribution is -2.01. The van der Waals surface area contributed by atoms with Crippen LogP contribution in [0.3, 0.4) is 0 Å². The monoisotopic (exact) mass is 235 g/mol. The fraction of sp³-hybridized carbons (Fsp3) is 0.250. The Bertz CT molecular complexity index is 517. The van der Waals surface area contributed by atoms with Gasteiger partial charge in [0.1, 0.15) is 17.4 Å². The van der Waals surface area contributed by atoms with Crippen molar-refractivity contribution >= 4 is 5.82 Å². The molecule has 0 saturated carbocycles. The molecular weight excluding hydrogens is 221 g/mol. The van der Waals surface area contributed by atoms with Crippen LogP contribution in [0.1, 0.15) is 11.3 Å². The third-order valence-corrected chi connectivity index (χ3v) is 2.62. The van der Waals surface area contributed by atoms with Gasteiger partial charge in [0.05, 0.1) is 0 Å². The first-order valence-corrected chi connectivity index (χ1v) is 5.28. The zero-order chi connectivity index (χ0) is 12.4. The molecule has 2 N–H and O–H groups in total. The van der Waals surface area contributed by atoms with Crippen molar-refractivity contribution < 1.29 is 9.50 Å². The van der Waals surface area contributed by atoms with Crippen LogP contribution in [0, 0.1) is 12.7 Å². The normalized spacial score (nSPS) is 10.5. The van der Waals surface area contributed by atoms with Gasteiger partial charge in [-0.2, -0.15) is 5.10 Å². The van der Waals surface area contributed by atoms with Crippen molar-refractivity contribution in [3.8, 4) is 5.75 Å². The third-order valence-electron chi connectivity index (χ3n) is 2.62. The van der Waals surface area contributed by atoms with E-state index in [1.807, 2.05) is 20.0 Å². The third kappa shape index (κ3) is 2.55. The van der Waals surface area contributed by atoms with Gasteiger partial charge in [0.15, 0.2) is 0 Å². The molecule has 0 bridgehead atoms. The number of nitrogens with one attached hydrogen (secondary N) is 1. The molecule has 0 amide bonds. The summed E-state index contributed by atoms with van der Waals surface area (Å²) in [6, 6.07) is 5.76. The summed E-state index contributed by atoms with van der Waals surface area (Å²) in [6.07, 6.45) is 0. The van der Waals surface area contributed by atoms with Crippen LogP contribution < -0.4 is 5.32 Å². The average molecular weight is 235 g/mol. The summed E-state index contributed by atoms with van der Waals surface area (Å²) in [4.78, 5) is 0. The van der Waals surface area contributed by atoms with E-state index in [9.17, 15) is 9.50 Å². The van der Waals surface area contributed by atoms with E-state index in [4.69, 9.17) is 0 Å². The number of nitrogens with zero attached hydrogens (tertiary/aromatic N) is 2. The van der Waals surface area contributed by atoms with Gasteiger partial charge in [0, 0.05) is 30.9 Å². The van der Waals surface area contributed by atoms with E-state index in [0.717, 1.165) is 5.69 Å². The Morgan fingerprint density at radius 2 is 2.18 bits per heavy atom. The quantitative estimate of drug-likeness (QED) is 0.857. The lowest BCUT2D eigenvalue weighted by atomic mass is 10.2. The lowest BCUT2D eigenvalue weighted by Gasteiger charge is -2.05. The Balaban J connectivity index is 2.09. The molecule has 0 unspecified atom stereocenters. The van der Waals surface area contributed by atoms with Gasteiger partial charge in [-0.1, -0.05) is 0 Å². The molecule has 0 saturated heterocycles. The van der Waals surface area contributed by atoms with Crippen molar-refractivity contribution in [1.29, 1.82) is 0 Å². The SMILES string of the molecule is Cc1cc(NCc2cc(F)ccc2O)nn1C. The van der Waals surface area contributed by atoms with Crippen molar-refractivity contribution in [3.63, 3.8) is 0 Å². The average Bonchev–Trinajstić information content (AvgIpc) is 2.60. The molecule has 0 radical (unpaired) electrons. The first-order valence-electron chi connectivity index (χ1n) is 5.28. The molecular formula is C12H14FN3O. The summed E-state index contributed by atoms with van der Waals surface area (Å²) in [6.45, 7) is 2.28. The smallest absolute Gasteiger partial charge is 0.148 e. The van der Waals surface area contributed by atoms with Crippen LogP contribution in [0.5, 0.6) is 5.75 Å². The number of halogens is 1. The number of anilines is 1. The number of phenolic OH excluding ortho intramolecular Hbond substituents is 1. The highest BCUT2D eigenvalue weighted by atomic mass is 19.1. The fourth-order valence-corrected chi connectivity index (χ4v) is 1.53. The number of rotatable bonds is 3. The topological polar surface area (TPSA) is 50.1 Å². The first-order chi connectivity index (χ1) is 8.06. The van der Waals surface area contributed by atoms with E-state index in [2.05, 4.69) is 10.4 Å². The van der Waals surface area contributed by atoms with Gasteiger partial charge in [-0.15, -0.1) is 0 Å². The second-order valence-electron chi connectivity index (χ2n) is 3.92. The van der Waals surface area contributed by atoms with Gasteiger partial charge < -0.3 is 10.4 Å². The summed E-state index contributed by atoms with van der Waals surface area (Å²) in [7, 11) is 1.85. The highest BCUT2D eigenvalue weighted by Crippen LogP contribution is 2.19. The Morgan fingerprint density at radius 3 is 2.82 bits per heavy atom. The van der Waals surface area contributed by atoms with Crippen LogP contribution in [-0.2, 0) is 13.6 Å². The van der Waals surface area contributed by atoms with E-state index in [-0.39, 0.29) is 11.6 Å². The highest BCUT2D eigenvalue weighted by molar-refractivity contribution is 5.40. The molecule has 1 aromatic carbocycles. The van der Waals surface area contributed by atoms with E-state index in [1.54, 1.807) is 4.68 Å². The molecule has 90 valence electrons. The number of aromatic nitrogens is 2. The molecule has 0 aliphatic rings.